The highest BCUT2D eigenvalue weighted by molar-refractivity contribution is 9.10. The molecule has 3 rings (SSSR count). The number of fused-ring (bicyclic) bond motifs is 1. The minimum absolute atomic E-state index is 0.0319. The quantitative estimate of drug-likeness (QED) is 0.496. The molecule has 0 saturated carbocycles. The van der Waals surface area contributed by atoms with Crippen LogP contribution in [-0.2, 0) is 11.2 Å². The minimum Gasteiger partial charge on any atom is -0.493 e. The molecule has 1 aromatic carbocycles. The molecule has 0 unspecified atom stereocenters. The van der Waals surface area contributed by atoms with Gasteiger partial charge in [0.15, 0.2) is 5.65 Å². The zero-order valence-electron chi connectivity index (χ0n) is 15.1. The van der Waals surface area contributed by atoms with Crippen LogP contribution in [0.1, 0.15) is 24.0 Å². The third-order valence-electron chi connectivity index (χ3n) is 4.20. The van der Waals surface area contributed by atoms with Crippen molar-refractivity contribution in [3.05, 3.63) is 46.3 Å². The van der Waals surface area contributed by atoms with Crippen LogP contribution in [0.25, 0.3) is 5.65 Å². The molecule has 0 aliphatic rings. The van der Waals surface area contributed by atoms with Crippen molar-refractivity contribution in [1.82, 2.24) is 19.6 Å². The Bertz CT molecular complexity index is 901. The second kappa shape index (κ2) is 9.12. The predicted octanol–water partition coefficient (Wildman–Crippen LogP) is 2.19. The largest absolute Gasteiger partial charge is 0.493 e. The molecular weight excluding hydrogens is 412 g/mol. The van der Waals surface area contributed by atoms with Crippen LogP contribution in [0.2, 0.25) is 0 Å². The number of halogens is 1. The second-order valence-corrected chi connectivity index (χ2v) is 7.09. The van der Waals surface area contributed by atoms with Crippen LogP contribution in [0.5, 0.6) is 5.75 Å². The third kappa shape index (κ3) is 4.74. The molecule has 2 heterocycles. The lowest BCUT2D eigenvalue weighted by molar-refractivity contribution is 0.172. The summed E-state index contributed by atoms with van der Waals surface area (Å²) in [5, 5.41) is 4.27. The van der Waals surface area contributed by atoms with Gasteiger partial charge in [-0.1, -0.05) is 22.0 Å². The molecule has 27 heavy (non-hydrogen) atoms. The number of nitrogen functional groups attached to an aromatic ring is 1. The molecule has 8 nitrogen and oxygen atoms in total. The maximum Gasteiger partial charge on any atom is 0.224 e. The summed E-state index contributed by atoms with van der Waals surface area (Å²) in [7, 11) is 1.66. The van der Waals surface area contributed by atoms with Crippen LogP contribution in [0, 0.1) is 0 Å². The van der Waals surface area contributed by atoms with Crippen LogP contribution < -0.4 is 16.2 Å². The molecule has 0 radical (unpaired) electrons. The van der Waals surface area contributed by atoms with E-state index in [9.17, 15) is 0 Å². The Kier molecular flexibility index (Phi) is 6.59. The molecule has 9 heteroatoms. The number of aromatic nitrogens is 4. The van der Waals surface area contributed by atoms with Gasteiger partial charge in [-0.3, -0.25) is 0 Å². The first kappa shape index (κ1) is 19.5. The summed E-state index contributed by atoms with van der Waals surface area (Å²) in [6.45, 7) is 1.15. The van der Waals surface area contributed by atoms with Crippen molar-refractivity contribution in [2.45, 2.75) is 25.3 Å². The number of benzene rings is 1. The maximum atomic E-state index is 6.02. The smallest absolute Gasteiger partial charge is 0.224 e. The van der Waals surface area contributed by atoms with Gasteiger partial charge in [0.1, 0.15) is 12.1 Å². The lowest BCUT2D eigenvalue weighted by Gasteiger charge is -2.14. The summed E-state index contributed by atoms with van der Waals surface area (Å²) in [6, 6.07) is 5.94. The van der Waals surface area contributed by atoms with Crippen molar-refractivity contribution in [1.29, 1.82) is 0 Å². The van der Waals surface area contributed by atoms with Crippen molar-refractivity contribution in [3.63, 3.8) is 0 Å². The topological polar surface area (TPSA) is 114 Å². The molecule has 0 aliphatic carbocycles. The van der Waals surface area contributed by atoms with Crippen molar-refractivity contribution in [2.24, 2.45) is 5.73 Å². The standard InChI is InChI=1S/C18H23BrN6O2/c1-26-10-13(20)4-3-7-27-16-6-2-5-15(19)14(16)8-12-9-24-25-17(12)22-11-23-18(25)21/h2,5-6,9,11,13H,3-4,7-8,10,20H2,1H3,(H2,21,22,23)/t13-/m1/s1. The van der Waals surface area contributed by atoms with E-state index >= 15 is 0 Å². The van der Waals surface area contributed by atoms with E-state index < -0.39 is 0 Å². The van der Waals surface area contributed by atoms with Gasteiger partial charge in [-0.15, -0.1) is 0 Å². The molecule has 144 valence electrons. The van der Waals surface area contributed by atoms with Crippen LogP contribution >= 0.6 is 15.9 Å². The number of nitrogens with two attached hydrogens (primary N) is 2. The molecule has 1 atom stereocenters. The molecule has 0 aliphatic heterocycles. The van der Waals surface area contributed by atoms with Crippen molar-refractivity contribution >= 4 is 27.5 Å². The van der Waals surface area contributed by atoms with Crippen molar-refractivity contribution in [2.75, 3.05) is 26.1 Å². The van der Waals surface area contributed by atoms with Gasteiger partial charge in [0.05, 0.1) is 19.4 Å². The first-order valence-corrected chi connectivity index (χ1v) is 9.47. The Labute approximate surface area is 166 Å². The summed E-state index contributed by atoms with van der Waals surface area (Å²) in [4.78, 5) is 8.25. The number of hydrogen-bond acceptors (Lipinski definition) is 7. The fourth-order valence-corrected chi connectivity index (χ4v) is 3.35. The Hall–Kier alpha value is -2.23. The average Bonchev–Trinajstić information content (AvgIpc) is 3.06. The summed E-state index contributed by atoms with van der Waals surface area (Å²) in [6.07, 6.45) is 5.52. The Morgan fingerprint density at radius 2 is 2.15 bits per heavy atom. The van der Waals surface area contributed by atoms with Gasteiger partial charge in [-0.05, 0) is 25.0 Å². The van der Waals surface area contributed by atoms with Gasteiger partial charge in [0, 0.05) is 35.2 Å². The fourth-order valence-electron chi connectivity index (χ4n) is 2.86. The average molecular weight is 435 g/mol. The van der Waals surface area contributed by atoms with Crippen LogP contribution in [-0.4, -0.2) is 45.9 Å². The van der Waals surface area contributed by atoms with E-state index in [2.05, 4.69) is 31.0 Å². The fraction of sp³-hybridized carbons (Fsp3) is 0.389. The normalized spacial score (nSPS) is 12.4. The van der Waals surface area contributed by atoms with Crippen LogP contribution in [0.4, 0.5) is 5.95 Å². The number of ether oxygens (including phenoxy) is 2. The summed E-state index contributed by atoms with van der Waals surface area (Å²) in [5.74, 6) is 1.13. The highest BCUT2D eigenvalue weighted by atomic mass is 79.9. The minimum atomic E-state index is 0.0319. The highest BCUT2D eigenvalue weighted by Gasteiger charge is 2.14. The lowest BCUT2D eigenvalue weighted by Crippen LogP contribution is -2.25. The van der Waals surface area contributed by atoms with E-state index in [-0.39, 0.29) is 6.04 Å². The number of anilines is 1. The van der Waals surface area contributed by atoms with E-state index in [0.29, 0.717) is 31.2 Å². The van der Waals surface area contributed by atoms with E-state index in [1.54, 1.807) is 13.3 Å². The van der Waals surface area contributed by atoms with Crippen molar-refractivity contribution in [3.8, 4) is 5.75 Å². The molecule has 0 spiro atoms. The summed E-state index contributed by atoms with van der Waals surface area (Å²) in [5.41, 5.74) is 14.5. The van der Waals surface area contributed by atoms with E-state index in [0.717, 1.165) is 34.2 Å². The number of rotatable bonds is 9. The zero-order chi connectivity index (χ0) is 19.2. The zero-order valence-corrected chi connectivity index (χ0v) is 16.7. The van der Waals surface area contributed by atoms with Gasteiger partial charge < -0.3 is 20.9 Å². The number of hydrogen-bond donors (Lipinski definition) is 2. The van der Waals surface area contributed by atoms with Gasteiger partial charge in [0.2, 0.25) is 5.95 Å². The van der Waals surface area contributed by atoms with Gasteiger partial charge in [0.25, 0.3) is 0 Å². The van der Waals surface area contributed by atoms with Crippen LogP contribution in [0.15, 0.2) is 35.2 Å². The molecular formula is C18H23BrN6O2. The van der Waals surface area contributed by atoms with Crippen molar-refractivity contribution < 1.29 is 9.47 Å². The summed E-state index contributed by atoms with van der Waals surface area (Å²) >= 11 is 3.62. The number of nitrogens with zero attached hydrogens (tertiary/aromatic N) is 4. The van der Waals surface area contributed by atoms with E-state index in [4.69, 9.17) is 20.9 Å². The van der Waals surface area contributed by atoms with Gasteiger partial charge in [-0.2, -0.15) is 9.61 Å². The SMILES string of the molecule is COC[C@H](N)CCCOc1cccc(Br)c1Cc1cnn2c(N)ncnc12. The first-order valence-electron chi connectivity index (χ1n) is 8.68. The monoisotopic (exact) mass is 434 g/mol. The maximum absolute atomic E-state index is 6.02. The molecule has 3 aromatic rings. The van der Waals surface area contributed by atoms with E-state index in [1.807, 2.05) is 18.2 Å². The Balaban J connectivity index is 1.72. The number of methoxy groups -OCH3 is 1. The van der Waals surface area contributed by atoms with Gasteiger partial charge >= 0.3 is 0 Å². The second-order valence-electron chi connectivity index (χ2n) is 6.24. The van der Waals surface area contributed by atoms with E-state index in [1.165, 1.54) is 10.8 Å². The molecule has 0 amide bonds. The molecule has 0 saturated heterocycles. The Morgan fingerprint density at radius 1 is 1.30 bits per heavy atom. The Morgan fingerprint density at radius 3 is 2.96 bits per heavy atom. The van der Waals surface area contributed by atoms with Crippen LogP contribution in [0.3, 0.4) is 0 Å². The lowest BCUT2D eigenvalue weighted by atomic mass is 10.1. The highest BCUT2D eigenvalue weighted by Crippen LogP contribution is 2.30. The summed E-state index contributed by atoms with van der Waals surface area (Å²) < 4.78 is 13.6. The third-order valence-corrected chi connectivity index (χ3v) is 4.95. The molecule has 2 aromatic heterocycles. The molecule has 0 fully saturated rings. The molecule has 4 N–H and O–H groups in total. The molecule has 0 bridgehead atoms. The first-order chi connectivity index (χ1) is 13.1. The van der Waals surface area contributed by atoms with Gasteiger partial charge in [-0.25, -0.2) is 9.97 Å². The predicted molar refractivity (Wildman–Crippen MR) is 107 cm³/mol.